The van der Waals surface area contributed by atoms with Crippen LogP contribution in [0.15, 0.2) is 96.1 Å². The van der Waals surface area contributed by atoms with E-state index in [9.17, 15) is 19.5 Å². The fourth-order valence-corrected chi connectivity index (χ4v) is 11.3. The Bertz CT molecular complexity index is 1930. The highest BCUT2D eigenvalue weighted by Gasteiger charge is 2.66. The largest absolute Gasteiger partial charge is 0.432 e. The van der Waals surface area contributed by atoms with Crippen molar-refractivity contribution in [3.8, 4) is 0 Å². The second-order valence-electron chi connectivity index (χ2n) is 15.9. The van der Waals surface area contributed by atoms with Crippen molar-refractivity contribution in [3.63, 3.8) is 0 Å². The normalized spacial score (nSPS) is 22.4. The molecule has 0 bridgehead atoms. The van der Waals surface area contributed by atoms with Crippen LogP contribution in [0.3, 0.4) is 0 Å². The van der Waals surface area contributed by atoms with E-state index in [1.165, 1.54) is 11.1 Å². The topological polar surface area (TPSA) is 111 Å². The number of nitrogens with zero attached hydrogens (tertiary/aromatic N) is 3. The molecule has 3 aliphatic heterocycles. The average molecular weight is 750 g/mol. The van der Waals surface area contributed by atoms with Gasteiger partial charge in [0.2, 0.25) is 11.8 Å². The number of fused-ring (bicyclic) bond motifs is 3. The van der Waals surface area contributed by atoms with E-state index in [1.54, 1.807) is 14.7 Å². The quantitative estimate of drug-likeness (QED) is 0.138. The summed E-state index contributed by atoms with van der Waals surface area (Å²) in [5.41, 5.74) is 5.33. The van der Waals surface area contributed by atoms with Crippen LogP contribution in [0.25, 0.3) is 0 Å². The Kier molecular flexibility index (Phi) is 11.8. The fraction of sp³-hybridized carbons (Fsp3) is 0.432. The summed E-state index contributed by atoms with van der Waals surface area (Å²) in [4.78, 5) is 59.9. The summed E-state index contributed by atoms with van der Waals surface area (Å²) < 4.78 is 7.06. The van der Waals surface area contributed by atoms with Gasteiger partial charge in [-0.15, -0.1) is 0 Å². The van der Waals surface area contributed by atoms with Crippen molar-refractivity contribution in [3.05, 3.63) is 113 Å². The highest BCUT2D eigenvalue weighted by atomic mass is 28.4. The van der Waals surface area contributed by atoms with Gasteiger partial charge in [0.15, 0.2) is 13.9 Å². The zero-order chi connectivity index (χ0) is 38.8. The van der Waals surface area contributed by atoms with Gasteiger partial charge < -0.3 is 24.4 Å². The molecule has 54 heavy (non-hydrogen) atoms. The van der Waals surface area contributed by atoms with Gasteiger partial charge in [-0.05, 0) is 88.5 Å². The first-order valence-corrected chi connectivity index (χ1v) is 22.3. The van der Waals surface area contributed by atoms with Crippen LogP contribution >= 0.6 is 0 Å². The molecule has 0 saturated carbocycles. The van der Waals surface area contributed by atoms with Crippen LogP contribution in [-0.4, -0.2) is 66.6 Å². The Morgan fingerprint density at radius 1 is 0.981 bits per heavy atom. The first kappa shape index (κ1) is 39.3. The monoisotopic (exact) mass is 749 g/mol. The smallest absolute Gasteiger partial charge is 0.264 e. The molecule has 9 nitrogen and oxygen atoms in total. The third kappa shape index (κ3) is 7.75. The maximum Gasteiger partial charge on any atom is 0.264 e. The fourth-order valence-electron chi connectivity index (χ4n) is 8.75. The lowest BCUT2D eigenvalue weighted by molar-refractivity contribution is -0.149. The predicted octanol–water partition coefficient (Wildman–Crippen LogP) is 7.55. The van der Waals surface area contributed by atoms with Crippen molar-refractivity contribution in [1.82, 2.24) is 4.90 Å². The molecule has 3 aliphatic rings. The molecule has 1 fully saturated rings. The van der Waals surface area contributed by atoms with Gasteiger partial charge in [-0.1, -0.05) is 78.8 Å². The maximum atomic E-state index is 15.1. The molecule has 3 amide bonds. The number of hydrogen-bond acceptors (Lipinski definition) is 6. The summed E-state index contributed by atoms with van der Waals surface area (Å²) in [6, 6.07) is 23.3. The van der Waals surface area contributed by atoms with Crippen LogP contribution in [-0.2, 0) is 37.7 Å². The van der Waals surface area contributed by atoms with Gasteiger partial charge in [0, 0.05) is 48.8 Å². The number of ether oxygens (including phenoxy) is 1. The molecule has 10 heteroatoms. The molecule has 0 aliphatic carbocycles. The van der Waals surface area contributed by atoms with Gasteiger partial charge in [0.05, 0.1) is 30.5 Å². The minimum Gasteiger partial charge on any atom is -0.432 e. The van der Waals surface area contributed by atoms with Gasteiger partial charge >= 0.3 is 0 Å². The molecular formula is C44H55N3O6Si. The van der Waals surface area contributed by atoms with Crippen molar-refractivity contribution in [2.24, 2.45) is 5.92 Å². The van der Waals surface area contributed by atoms with Crippen molar-refractivity contribution >= 4 is 43.1 Å². The molecular weight excluding hydrogens is 695 g/mol. The van der Waals surface area contributed by atoms with Crippen LogP contribution in [0, 0.1) is 5.92 Å². The number of allylic oxidation sites excluding steroid dienone is 3. The number of aryl methyl sites for hydroxylation is 1. The molecule has 2 N–H and O–H groups in total. The Labute approximate surface area is 321 Å². The van der Waals surface area contributed by atoms with Crippen LogP contribution in [0.4, 0.5) is 17.1 Å². The van der Waals surface area contributed by atoms with Crippen molar-refractivity contribution in [1.29, 1.82) is 0 Å². The van der Waals surface area contributed by atoms with Crippen molar-refractivity contribution in [2.45, 2.75) is 96.7 Å². The maximum absolute atomic E-state index is 15.1. The van der Waals surface area contributed by atoms with Crippen LogP contribution in [0.1, 0.15) is 70.1 Å². The highest BCUT2D eigenvalue weighted by molar-refractivity contribution is 6.71. The van der Waals surface area contributed by atoms with Gasteiger partial charge in [-0.2, -0.15) is 0 Å². The first-order valence-electron chi connectivity index (χ1n) is 19.2. The third-order valence-electron chi connectivity index (χ3n) is 11.3. The van der Waals surface area contributed by atoms with E-state index in [2.05, 4.69) is 32.9 Å². The van der Waals surface area contributed by atoms with Gasteiger partial charge in [-0.25, -0.2) is 0 Å². The predicted molar refractivity (Wildman–Crippen MR) is 216 cm³/mol. The van der Waals surface area contributed by atoms with Gasteiger partial charge in [-0.3, -0.25) is 19.3 Å². The Morgan fingerprint density at radius 2 is 1.70 bits per heavy atom. The lowest BCUT2D eigenvalue weighted by Gasteiger charge is -2.33. The Balaban J connectivity index is 1.41. The molecule has 3 aromatic rings. The minimum absolute atomic E-state index is 0.0215. The molecule has 3 aromatic carbocycles. The zero-order valence-electron chi connectivity index (χ0n) is 32.5. The number of carbonyl (C=O) groups is 3. The summed E-state index contributed by atoms with van der Waals surface area (Å²) in [7, 11) is -3.07. The SMILES string of the molecule is CC(C)=CCC/C(C)=C/CN1C(=O)[C@@]2(O[C@@H](CC(=O)N(CCO)Cc3ccccc3)[C@H]([Si](C)(C)O)[C@H]2C)c2cc(N3C(=O)CCc4ccccc43)ccc21. The van der Waals surface area contributed by atoms with Crippen LogP contribution in [0.5, 0.6) is 0 Å². The molecule has 4 atom stereocenters. The number of aliphatic hydroxyl groups is 1. The number of carbonyl (C=O) groups excluding carboxylic acids is 3. The average Bonchev–Trinajstić information content (AvgIpc) is 3.56. The molecule has 6 rings (SSSR count). The van der Waals surface area contributed by atoms with Crippen molar-refractivity contribution in [2.75, 3.05) is 29.5 Å². The number of para-hydroxylation sites is 1. The van der Waals surface area contributed by atoms with Crippen LogP contribution < -0.4 is 9.80 Å². The summed E-state index contributed by atoms with van der Waals surface area (Å²) in [5, 5.41) is 9.92. The van der Waals surface area contributed by atoms with E-state index < -0.39 is 31.5 Å². The number of hydrogen-bond donors (Lipinski definition) is 2. The van der Waals surface area contributed by atoms with Gasteiger partial charge in [0.1, 0.15) is 0 Å². The van der Waals surface area contributed by atoms with E-state index in [0.29, 0.717) is 42.9 Å². The summed E-state index contributed by atoms with van der Waals surface area (Å²) in [5.74, 6) is -0.949. The van der Waals surface area contributed by atoms with Crippen LogP contribution in [0.2, 0.25) is 18.6 Å². The number of rotatable bonds is 13. The molecule has 286 valence electrons. The molecule has 1 saturated heterocycles. The molecule has 1 spiro atoms. The Morgan fingerprint density at radius 3 is 2.41 bits per heavy atom. The lowest BCUT2D eigenvalue weighted by Crippen LogP contribution is -2.46. The summed E-state index contributed by atoms with van der Waals surface area (Å²) in [6.45, 7) is 12.5. The first-order chi connectivity index (χ1) is 25.8. The Hall–Kier alpha value is -4.35. The second kappa shape index (κ2) is 16.2. The number of anilines is 3. The van der Waals surface area contributed by atoms with E-state index in [-0.39, 0.29) is 37.3 Å². The molecule has 0 aromatic heterocycles. The minimum atomic E-state index is -3.07. The number of benzene rings is 3. The zero-order valence-corrected chi connectivity index (χ0v) is 33.5. The number of aliphatic hydroxyl groups excluding tert-OH is 1. The standard InChI is InChI=1S/C44H55N3O6Si/c1-30(2)13-12-14-31(3)23-24-46-38-21-20-35(47-37-18-11-10-17-34(37)19-22-40(47)49)27-36(38)44(43(46)51)32(4)42(54(5,6)52)39(53-44)28-41(50)45(25-26-48)29-33-15-8-7-9-16-33/h7-11,13,15-18,20-21,23,27,32,39,42,48,52H,12,14,19,22,24-26,28-29H2,1-6H3/b31-23+/t32-,39+,42-,44+/m1/s1. The lowest BCUT2D eigenvalue weighted by atomic mass is 9.82. The summed E-state index contributed by atoms with van der Waals surface area (Å²) in [6.07, 6.45) is 6.32. The van der Waals surface area contributed by atoms with E-state index >= 15 is 4.79 Å². The molecule has 0 unspecified atom stereocenters. The van der Waals surface area contributed by atoms with Crippen molar-refractivity contribution < 1.29 is 29.0 Å². The molecule has 0 radical (unpaired) electrons. The third-order valence-corrected chi connectivity index (χ3v) is 13.8. The van der Waals surface area contributed by atoms with Gasteiger partial charge in [0.25, 0.3) is 5.91 Å². The second-order valence-corrected chi connectivity index (χ2v) is 19.9. The van der Waals surface area contributed by atoms with E-state index in [4.69, 9.17) is 4.74 Å². The molecule has 3 heterocycles. The summed E-state index contributed by atoms with van der Waals surface area (Å²) >= 11 is 0. The van der Waals surface area contributed by atoms with E-state index in [0.717, 1.165) is 29.7 Å². The number of amides is 3. The van der Waals surface area contributed by atoms with E-state index in [1.807, 2.05) is 92.8 Å². The highest BCUT2D eigenvalue weighted by Crippen LogP contribution is 2.60.